The molecule has 15 heavy (non-hydrogen) atoms. The second-order valence-corrected chi connectivity index (χ2v) is 5.03. The molecule has 1 atom stereocenters. The number of aryl methyl sites for hydroxylation is 1. The number of hydrogen-bond acceptors (Lipinski definition) is 4. The Balaban J connectivity index is 2.89. The molecular formula is C10H14ClNO2S. The molecule has 0 N–H and O–H groups in total. The Hall–Kier alpha value is -0.610. The molecule has 3 nitrogen and oxygen atoms in total. The third-order valence-electron chi connectivity index (χ3n) is 1.98. The van der Waals surface area contributed by atoms with Crippen molar-refractivity contribution in [1.29, 1.82) is 0 Å². The van der Waals surface area contributed by atoms with Gasteiger partial charge < -0.3 is 4.74 Å². The lowest BCUT2D eigenvalue weighted by molar-refractivity contribution is 0.133. The van der Waals surface area contributed by atoms with Gasteiger partial charge in [0, 0.05) is 17.5 Å². The van der Waals surface area contributed by atoms with E-state index in [-0.39, 0.29) is 6.10 Å². The SMILES string of the molecule is Cc1nc(C(C)C)sc1C(C)OC(=O)Cl. The first kappa shape index (κ1) is 12.5. The van der Waals surface area contributed by atoms with Gasteiger partial charge in [0.05, 0.1) is 15.6 Å². The lowest BCUT2D eigenvalue weighted by atomic mass is 10.2. The van der Waals surface area contributed by atoms with Crippen LogP contribution in [-0.2, 0) is 4.74 Å². The monoisotopic (exact) mass is 247 g/mol. The van der Waals surface area contributed by atoms with Gasteiger partial charge in [-0.05, 0) is 13.8 Å². The molecule has 0 aliphatic heterocycles. The molecule has 0 aliphatic rings. The third kappa shape index (κ3) is 3.18. The molecular weight excluding hydrogens is 234 g/mol. The highest BCUT2D eigenvalue weighted by Gasteiger charge is 2.18. The van der Waals surface area contributed by atoms with Crippen LogP contribution in [-0.4, -0.2) is 10.4 Å². The molecule has 0 bridgehead atoms. The number of hydrogen-bond donors (Lipinski definition) is 0. The van der Waals surface area contributed by atoms with Crippen molar-refractivity contribution in [1.82, 2.24) is 4.98 Å². The van der Waals surface area contributed by atoms with Crippen LogP contribution in [0.5, 0.6) is 0 Å². The van der Waals surface area contributed by atoms with E-state index in [1.54, 1.807) is 18.3 Å². The number of thiazole rings is 1. The number of nitrogens with zero attached hydrogens (tertiary/aromatic N) is 1. The standard InChI is InChI=1S/C10H14ClNO2S/c1-5(2)9-12-6(3)8(15-9)7(4)14-10(11)13/h5,7H,1-4H3. The molecule has 1 aromatic rings. The summed E-state index contributed by atoms with van der Waals surface area (Å²) in [4.78, 5) is 16.0. The summed E-state index contributed by atoms with van der Waals surface area (Å²) in [7, 11) is 0. The van der Waals surface area contributed by atoms with E-state index in [4.69, 9.17) is 16.3 Å². The molecule has 1 heterocycles. The zero-order valence-corrected chi connectivity index (χ0v) is 10.8. The van der Waals surface area contributed by atoms with Gasteiger partial charge in [0.1, 0.15) is 6.10 Å². The Bertz CT molecular complexity index is 362. The molecule has 5 heteroatoms. The average Bonchev–Trinajstić information content (AvgIpc) is 2.46. The second-order valence-electron chi connectivity index (χ2n) is 3.65. The molecule has 0 fully saturated rings. The van der Waals surface area contributed by atoms with Crippen molar-refractivity contribution in [2.24, 2.45) is 0 Å². The predicted molar refractivity (Wildman–Crippen MR) is 61.7 cm³/mol. The minimum atomic E-state index is -0.776. The lowest BCUT2D eigenvalue weighted by Crippen LogP contribution is -2.01. The first-order chi connectivity index (χ1) is 6.91. The van der Waals surface area contributed by atoms with Crippen LogP contribution in [0.25, 0.3) is 0 Å². The lowest BCUT2D eigenvalue weighted by Gasteiger charge is -2.08. The van der Waals surface area contributed by atoms with E-state index in [0.29, 0.717) is 5.92 Å². The summed E-state index contributed by atoms with van der Waals surface area (Å²) in [6.07, 6.45) is -0.319. The fourth-order valence-electron chi connectivity index (χ4n) is 1.25. The molecule has 1 unspecified atom stereocenters. The summed E-state index contributed by atoms with van der Waals surface area (Å²) in [5.41, 5.74) is 0.135. The van der Waals surface area contributed by atoms with Crippen molar-refractivity contribution >= 4 is 28.4 Å². The zero-order chi connectivity index (χ0) is 11.6. The van der Waals surface area contributed by atoms with Gasteiger partial charge in [0.25, 0.3) is 0 Å². The smallest absolute Gasteiger partial charge is 0.404 e. The van der Waals surface area contributed by atoms with Crippen molar-refractivity contribution in [2.45, 2.75) is 39.7 Å². The van der Waals surface area contributed by atoms with Crippen LogP contribution >= 0.6 is 22.9 Å². The van der Waals surface area contributed by atoms with Gasteiger partial charge in [0.15, 0.2) is 0 Å². The number of rotatable bonds is 3. The van der Waals surface area contributed by atoms with Crippen molar-refractivity contribution in [3.8, 4) is 0 Å². The topological polar surface area (TPSA) is 39.2 Å². The van der Waals surface area contributed by atoms with Gasteiger partial charge in [-0.25, -0.2) is 9.78 Å². The van der Waals surface area contributed by atoms with Crippen LogP contribution in [0.4, 0.5) is 4.79 Å². The molecule has 0 saturated carbocycles. The Morgan fingerprint density at radius 1 is 1.47 bits per heavy atom. The molecule has 1 aromatic heterocycles. The Morgan fingerprint density at radius 2 is 2.07 bits per heavy atom. The van der Waals surface area contributed by atoms with Gasteiger partial charge in [-0.1, -0.05) is 13.8 Å². The van der Waals surface area contributed by atoms with E-state index in [2.05, 4.69) is 18.8 Å². The zero-order valence-electron chi connectivity index (χ0n) is 9.20. The maximum atomic E-state index is 10.6. The Morgan fingerprint density at radius 3 is 2.47 bits per heavy atom. The Kier molecular flexibility index (Phi) is 4.11. The molecule has 84 valence electrons. The minimum absolute atomic E-state index is 0.319. The van der Waals surface area contributed by atoms with Gasteiger partial charge in [-0.2, -0.15) is 0 Å². The fraction of sp³-hybridized carbons (Fsp3) is 0.600. The molecule has 0 spiro atoms. The Labute approximate surface area is 98.4 Å². The maximum Gasteiger partial charge on any atom is 0.404 e. The number of aromatic nitrogens is 1. The molecule has 0 radical (unpaired) electrons. The van der Waals surface area contributed by atoms with E-state index in [9.17, 15) is 4.79 Å². The molecule has 0 aliphatic carbocycles. The second kappa shape index (κ2) is 4.94. The van der Waals surface area contributed by atoms with Crippen LogP contribution < -0.4 is 0 Å². The number of ether oxygens (including phenoxy) is 1. The van der Waals surface area contributed by atoms with E-state index >= 15 is 0 Å². The van der Waals surface area contributed by atoms with Crippen molar-refractivity contribution in [2.75, 3.05) is 0 Å². The molecule has 0 amide bonds. The maximum absolute atomic E-state index is 10.6. The van der Waals surface area contributed by atoms with Crippen LogP contribution in [0.3, 0.4) is 0 Å². The summed E-state index contributed by atoms with van der Waals surface area (Å²) in [6.45, 7) is 7.88. The van der Waals surface area contributed by atoms with E-state index in [1.807, 2.05) is 6.92 Å². The number of halogens is 1. The normalized spacial score (nSPS) is 12.9. The van der Waals surface area contributed by atoms with Crippen molar-refractivity contribution < 1.29 is 9.53 Å². The van der Waals surface area contributed by atoms with E-state index < -0.39 is 5.43 Å². The first-order valence-electron chi connectivity index (χ1n) is 4.75. The highest BCUT2D eigenvalue weighted by molar-refractivity contribution is 7.11. The summed E-state index contributed by atoms with van der Waals surface area (Å²) >= 11 is 6.74. The van der Waals surface area contributed by atoms with Gasteiger partial charge in [-0.15, -0.1) is 11.3 Å². The highest BCUT2D eigenvalue weighted by atomic mass is 35.5. The highest BCUT2D eigenvalue weighted by Crippen LogP contribution is 2.31. The fourth-order valence-corrected chi connectivity index (χ4v) is 2.43. The quantitative estimate of drug-likeness (QED) is 0.758. The van der Waals surface area contributed by atoms with Gasteiger partial charge in [0.2, 0.25) is 0 Å². The van der Waals surface area contributed by atoms with E-state index in [0.717, 1.165) is 15.6 Å². The van der Waals surface area contributed by atoms with Crippen molar-refractivity contribution in [3.63, 3.8) is 0 Å². The van der Waals surface area contributed by atoms with Crippen LogP contribution in [0.15, 0.2) is 0 Å². The van der Waals surface area contributed by atoms with E-state index in [1.165, 1.54) is 0 Å². The summed E-state index contributed by atoms with van der Waals surface area (Å²) in [6, 6.07) is 0. The average molecular weight is 248 g/mol. The third-order valence-corrected chi connectivity index (χ3v) is 3.69. The molecule has 0 saturated heterocycles. The van der Waals surface area contributed by atoms with Crippen LogP contribution in [0, 0.1) is 6.92 Å². The summed E-state index contributed by atoms with van der Waals surface area (Å²) < 4.78 is 4.91. The molecule has 0 aromatic carbocycles. The van der Waals surface area contributed by atoms with Gasteiger partial charge in [-0.3, -0.25) is 0 Å². The number of carbonyl (C=O) groups is 1. The molecule has 1 rings (SSSR count). The first-order valence-corrected chi connectivity index (χ1v) is 5.94. The number of carbonyl (C=O) groups excluding carboxylic acids is 1. The minimum Gasteiger partial charge on any atom is -0.445 e. The van der Waals surface area contributed by atoms with Crippen LogP contribution in [0.2, 0.25) is 0 Å². The largest absolute Gasteiger partial charge is 0.445 e. The summed E-state index contributed by atoms with van der Waals surface area (Å²) in [5.74, 6) is 0.390. The summed E-state index contributed by atoms with van der Waals surface area (Å²) in [5, 5.41) is 1.06. The van der Waals surface area contributed by atoms with Crippen LogP contribution in [0.1, 0.15) is 48.4 Å². The predicted octanol–water partition coefficient (Wildman–Crippen LogP) is 4.01. The van der Waals surface area contributed by atoms with Crippen molar-refractivity contribution in [3.05, 3.63) is 15.6 Å². The van der Waals surface area contributed by atoms with Gasteiger partial charge >= 0.3 is 5.43 Å².